The van der Waals surface area contributed by atoms with E-state index in [0.29, 0.717) is 37.3 Å². The van der Waals surface area contributed by atoms with Crippen molar-refractivity contribution in [2.24, 2.45) is 0 Å². The molecular weight excluding hydrogens is 352 g/mol. The Morgan fingerprint density at radius 3 is 2.71 bits per heavy atom. The standard InChI is InChI=1S/C23H28N2O3/c1-3-28-21-12-7-5-10-19(21)23(27)24-16-8-13-22(26)25-17(2)14-15-18-9-4-6-11-20(18)25/h4-7,9-12,17H,3,8,13-16H2,1-2H3,(H,24,27). The number of aryl methyl sites for hydroxylation is 1. The Labute approximate surface area is 166 Å². The first-order valence-corrected chi connectivity index (χ1v) is 10.0. The maximum atomic E-state index is 12.8. The average molecular weight is 380 g/mol. The van der Waals surface area contributed by atoms with Gasteiger partial charge in [0.15, 0.2) is 0 Å². The first-order chi connectivity index (χ1) is 13.6. The Morgan fingerprint density at radius 1 is 1.14 bits per heavy atom. The van der Waals surface area contributed by atoms with Gasteiger partial charge in [-0.2, -0.15) is 0 Å². The van der Waals surface area contributed by atoms with Crippen LogP contribution in [-0.2, 0) is 11.2 Å². The minimum absolute atomic E-state index is 0.114. The molecule has 1 heterocycles. The first-order valence-electron chi connectivity index (χ1n) is 10.0. The summed E-state index contributed by atoms with van der Waals surface area (Å²) in [5.74, 6) is 0.522. The largest absolute Gasteiger partial charge is 0.493 e. The van der Waals surface area contributed by atoms with E-state index in [9.17, 15) is 9.59 Å². The summed E-state index contributed by atoms with van der Waals surface area (Å²) in [6.45, 7) is 4.95. The molecule has 0 aliphatic carbocycles. The number of amides is 2. The first kappa shape index (κ1) is 19.9. The van der Waals surface area contributed by atoms with Gasteiger partial charge >= 0.3 is 0 Å². The van der Waals surface area contributed by atoms with Crippen LogP contribution in [0.5, 0.6) is 5.75 Å². The summed E-state index contributed by atoms with van der Waals surface area (Å²) in [4.78, 5) is 27.2. The molecule has 2 aromatic carbocycles. The van der Waals surface area contributed by atoms with Crippen molar-refractivity contribution >= 4 is 17.5 Å². The number of rotatable bonds is 7. The molecule has 0 saturated carbocycles. The van der Waals surface area contributed by atoms with Crippen LogP contribution in [0.15, 0.2) is 48.5 Å². The Balaban J connectivity index is 1.53. The van der Waals surface area contributed by atoms with Gasteiger partial charge in [0.25, 0.3) is 5.91 Å². The van der Waals surface area contributed by atoms with Crippen molar-refractivity contribution in [1.82, 2.24) is 5.32 Å². The summed E-state index contributed by atoms with van der Waals surface area (Å²) in [5.41, 5.74) is 2.78. The van der Waals surface area contributed by atoms with Gasteiger partial charge in [-0.3, -0.25) is 9.59 Å². The maximum absolute atomic E-state index is 12.8. The second-order valence-electron chi connectivity index (χ2n) is 7.07. The fourth-order valence-corrected chi connectivity index (χ4v) is 3.66. The zero-order chi connectivity index (χ0) is 19.9. The van der Waals surface area contributed by atoms with Crippen molar-refractivity contribution in [3.05, 3.63) is 59.7 Å². The summed E-state index contributed by atoms with van der Waals surface area (Å²) in [6.07, 6.45) is 3.00. The second-order valence-corrected chi connectivity index (χ2v) is 7.07. The Morgan fingerprint density at radius 2 is 1.89 bits per heavy atom. The number of anilines is 1. The minimum Gasteiger partial charge on any atom is -0.493 e. The third-order valence-electron chi connectivity index (χ3n) is 5.08. The number of hydrogen-bond acceptors (Lipinski definition) is 3. The molecule has 1 aliphatic heterocycles. The lowest BCUT2D eigenvalue weighted by molar-refractivity contribution is -0.119. The third kappa shape index (κ3) is 4.53. The topological polar surface area (TPSA) is 58.6 Å². The Hall–Kier alpha value is -2.82. The van der Waals surface area contributed by atoms with Gasteiger partial charge in [-0.1, -0.05) is 30.3 Å². The van der Waals surface area contributed by atoms with Crippen LogP contribution in [0.3, 0.4) is 0 Å². The molecule has 1 aliphatic rings. The van der Waals surface area contributed by atoms with Crippen molar-refractivity contribution in [1.29, 1.82) is 0 Å². The second kappa shape index (κ2) is 9.40. The number of benzene rings is 2. The Bertz CT molecular complexity index is 834. The molecule has 5 heteroatoms. The number of hydrogen-bond donors (Lipinski definition) is 1. The average Bonchev–Trinajstić information content (AvgIpc) is 2.71. The van der Waals surface area contributed by atoms with Crippen molar-refractivity contribution in [2.45, 2.75) is 45.6 Å². The number of ether oxygens (including phenoxy) is 1. The molecule has 2 amide bonds. The van der Waals surface area contributed by atoms with E-state index in [1.54, 1.807) is 12.1 Å². The van der Waals surface area contributed by atoms with E-state index in [1.807, 2.05) is 42.2 Å². The predicted octanol–water partition coefficient (Wildman–Crippen LogP) is 3.96. The van der Waals surface area contributed by atoms with Crippen molar-refractivity contribution in [2.75, 3.05) is 18.1 Å². The molecule has 148 valence electrons. The van der Waals surface area contributed by atoms with Crippen molar-refractivity contribution in [3.8, 4) is 5.75 Å². The zero-order valence-corrected chi connectivity index (χ0v) is 16.6. The monoisotopic (exact) mass is 380 g/mol. The van der Waals surface area contributed by atoms with Gasteiger partial charge in [-0.05, 0) is 56.9 Å². The van der Waals surface area contributed by atoms with Gasteiger partial charge in [0.1, 0.15) is 5.75 Å². The van der Waals surface area contributed by atoms with Gasteiger partial charge < -0.3 is 15.0 Å². The van der Waals surface area contributed by atoms with E-state index in [-0.39, 0.29) is 17.9 Å². The normalized spacial score (nSPS) is 15.6. The number of nitrogens with one attached hydrogen (secondary N) is 1. The van der Waals surface area contributed by atoms with Crippen molar-refractivity contribution in [3.63, 3.8) is 0 Å². The van der Waals surface area contributed by atoms with Crippen LogP contribution in [0.25, 0.3) is 0 Å². The van der Waals surface area contributed by atoms with Crippen LogP contribution in [0.4, 0.5) is 5.69 Å². The van der Waals surface area contributed by atoms with Crippen LogP contribution in [0, 0.1) is 0 Å². The molecule has 28 heavy (non-hydrogen) atoms. The number of nitrogens with zero attached hydrogens (tertiary/aromatic N) is 1. The van der Waals surface area contributed by atoms with Gasteiger partial charge in [-0.25, -0.2) is 0 Å². The zero-order valence-electron chi connectivity index (χ0n) is 16.6. The molecule has 0 saturated heterocycles. The minimum atomic E-state index is -0.173. The SMILES string of the molecule is CCOc1ccccc1C(=O)NCCCC(=O)N1c2ccccc2CCC1C. The number of para-hydroxylation sites is 2. The summed E-state index contributed by atoms with van der Waals surface area (Å²) in [6, 6.07) is 15.5. The summed E-state index contributed by atoms with van der Waals surface area (Å²) in [5, 5.41) is 2.90. The van der Waals surface area contributed by atoms with Crippen LogP contribution in [0.1, 0.15) is 49.0 Å². The van der Waals surface area contributed by atoms with Crippen molar-refractivity contribution < 1.29 is 14.3 Å². The smallest absolute Gasteiger partial charge is 0.255 e. The molecule has 0 bridgehead atoms. The lowest BCUT2D eigenvalue weighted by Crippen LogP contribution is -2.42. The molecule has 0 fully saturated rings. The van der Waals surface area contributed by atoms with Gasteiger partial charge in [0, 0.05) is 24.7 Å². The van der Waals surface area contributed by atoms with E-state index >= 15 is 0 Å². The van der Waals surface area contributed by atoms with Crippen LogP contribution >= 0.6 is 0 Å². The highest BCUT2D eigenvalue weighted by Crippen LogP contribution is 2.31. The highest BCUT2D eigenvalue weighted by atomic mass is 16.5. The fraction of sp³-hybridized carbons (Fsp3) is 0.391. The quantitative estimate of drug-likeness (QED) is 0.740. The molecule has 1 N–H and O–H groups in total. The molecule has 1 atom stereocenters. The van der Waals surface area contributed by atoms with Crippen LogP contribution in [0.2, 0.25) is 0 Å². The summed E-state index contributed by atoms with van der Waals surface area (Å²) >= 11 is 0. The van der Waals surface area contributed by atoms with E-state index < -0.39 is 0 Å². The molecule has 1 unspecified atom stereocenters. The van der Waals surface area contributed by atoms with Gasteiger partial charge in [0.05, 0.1) is 12.2 Å². The molecular formula is C23H28N2O3. The third-order valence-corrected chi connectivity index (χ3v) is 5.08. The summed E-state index contributed by atoms with van der Waals surface area (Å²) < 4.78 is 5.51. The van der Waals surface area contributed by atoms with Gasteiger partial charge in [0.2, 0.25) is 5.91 Å². The number of carbonyl (C=O) groups is 2. The highest BCUT2D eigenvalue weighted by molar-refractivity contribution is 5.97. The predicted molar refractivity (Wildman–Crippen MR) is 111 cm³/mol. The number of carbonyl (C=O) groups excluding carboxylic acids is 2. The van der Waals surface area contributed by atoms with Crippen LogP contribution in [-0.4, -0.2) is 31.0 Å². The maximum Gasteiger partial charge on any atom is 0.255 e. The van der Waals surface area contributed by atoms with E-state index in [2.05, 4.69) is 18.3 Å². The molecule has 0 spiro atoms. The molecule has 5 nitrogen and oxygen atoms in total. The Kier molecular flexibility index (Phi) is 6.69. The fourth-order valence-electron chi connectivity index (χ4n) is 3.66. The lowest BCUT2D eigenvalue weighted by atomic mass is 9.96. The van der Waals surface area contributed by atoms with Gasteiger partial charge in [-0.15, -0.1) is 0 Å². The molecule has 2 aromatic rings. The highest BCUT2D eigenvalue weighted by Gasteiger charge is 2.27. The number of fused-ring (bicyclic) bond motifs is 1. The van der Waals surface area contributed by atoms with E-state index in [4.69, 9.17) is 4.74 Å². The molecule has 0 radical (unpaired) electrons. The molecule has 0 aromatic heterocycles. The van der Waals surface area contributed by atoms with E-state index in [1.165, 1.54) is 5.56 Å². The lowest BCUT2D eigenvalue weighted by Gasteiger charge is -2.35. The molecule has 3 rings (SSSR count). The van der Waals surface area contributed by atoms with Crippen LogP contribution < -0.4 is 15.0 Å². The van der Waals surface area contributed by atoms with E-state index in [0.717, 1.165) is 18.5 Å². The summed E-state index contributed by atoms with van der Waals surface area (Å²) in [7, 11) is 0.